The Hall–Kier alpha value is -0.870. The van der Waals surface area contributed by atoms with Crippen molar-refractivity contribution in [3.8, 4) is 0 Å². The van der Waals surface area contributed by atoms with Crippen molar-refractivity contribution in [3.63, 3.8) is 0 Å². The molecule has 1 atom stereocenters. The van der Waals surface area contributed by atoms with Crippen LogP contribution in [0.2, 0.25) is 0 Å². The summed E-state index contributed by atoms with van der Waals surface area (Å²) in [5.74, 6) is -2.60. The summed E-state index contributed by atoms with van der Waals surface area (Å²) in [6.45, 7) is 0.369. The van der Waals surface area contributed by atoms with Crippen LogP contribution in [0.25, 0.3) is 0 Å². The molecule has 3 nitrogen and oxygen atoms in total. The number of amides is 2. The number of hydrogen-bond acceptors (Lipinski definition) is 1. The van der Waals surface area contributed by atoms with E-state index in [4.69, 9.17) is 0 Å². The molecule has 2 aliphatic rings. The van der Waals surface area contributed by atoms with Crippen molar-refractivity contribution in [2.24, 2.45) is 5.92 Å². The predicted molar refractivity (Wildman–Crippen MR) is 74.9 cm³/mol. The van der Waals surface area contributed by atoms with Gasteiger partial charge in [0.25, 0.3) is 0 Å². The van der Waals surface area contributed by atoms with Crippen LogP contribution in [0, 0.1) is 5.92 Å². The summed E-state index contributed by atoms with van der Waals surface area (Å²) in [6, 6.07) is 0.0612. The first kappa shape index (κ1) is 15.5. The molecule has 5 heteroatoms. The SMILES string of the molecule is O=C(NCC1CCC(F)(F)C1)NC1CCCCCCC1. The highest BCUT2D eigenvalue weighted by molar-refractivity contribution is 5.74. The van der Waals surface area contributed by atoms with Crippen LogP contribution >= 0.6 is 0 Å². The number of carbonyl (C=O) groups is 1. The van der Waals surface area contributed by atoms with Gasteiger partial charge in [-0.3, -0.25) is 0 Å². The molecule has 0 saturated heterocycles. The highest BCUT2D eigenvalue weighted by Crippen LogP contribution is 2.38. The lowest BCUT2D eigenvalue weighted by Crippen LogP contribution is -2.43. The van der Waals surface area contributed by atoms with Crippen LogP contribution < -0.4 is 10.6 Å². The van der Waals surface area contributed by atoms with Crippen molar-refractivity contribution in [2.45, 2.75) is 76.2 Å². The van der Waals surface area contributed by atoms with Crippen molar-refractivity contribution < 1.29 is 13.6 Å². The molecule has 1 unspecified atom stereocenters. The van der Waals surface area contributed by atoms with Crippen LogP contribution in [0.3, 0.4) is 0 Å². The molecule has 0 aromatic rings. The summed E-state index contributed by atoms with van der Waals surface area (Å²) in [5.41, 5.74) is 0. The zero-order valence-corrected chi connectivity index (χ0v) is 12.1. The van der Waals surface area contributed by atoms with Crippen molar-refractivity contribution in [2.75, 3.05) is 6.54 Å². The van der Waals surface area contributed by atoms with Gasteiger partial charge >= 0.3 is 6.03 Å². The molecule has 2 rings (SSSR count). The number of carbonyl (C=O) groups excluding carboxylic acids is 1. The summed E-state index contributed by atoms with van der Waals surface area (Å²) in [5, 5.41) is 5.76. The van der Waals surface area contributed by atoms with Gasteiger partial charge in [0.15, 0.2) is 0 Å². The third-order valence-corrected chi connectivity index (χ3v) is 4.50. The first-order valence-corrected chi connectivity index (χ1v) is 7.97. The Morgan fingerprint density at radius 3 is 2.30 bits per heavy atom. The van der Waals surface area contributed by atoms with E-state index in [0.717, 1.165) is 12.8 Å². The Labute approximate surface area is 119 Å². The van der Waals surface area contributed by atoms with Gasteiger partial charge in [-0.05, 0) is 25.2 Å². The molecule has 116 valence electrons. The Morgan fingerprint density at radius 2 is 1.70 bits per heavy atom. The second-order valence-electron chi connectivity index (χ2n) is 6.36. The fourth-order valence-electron chi connectivity index (χ4n) is 3.29. The van der Waals surface area contributed by atoms with E-state index in [-0.39, 0.29) is 30.8 Å². The van der Waals surface area contributed by atoms with E-state index < -0.39 is 5.92 Å². The molecule has 0 radical (unpaired) electrons. The van der Waals surface area contributed by atoms with Gasteiger partial charge in [-0.15, -0.1) is 0 Å². The second-order valence-corrected chi connectivity index (χ2v) is 6.36. The van der Waals surface area contributed by atoms with Gasteiger partial charge in [0.05, 0.1) is 0 Å². The quantitative estimate of drug-likeness (QED) is 0.814. The van der Waals surface area contributed by atoms with Gasteiger partial charge in [-0.2, -0.15) is 0 Å². The zero-order valence-electron chi connectivity index (χ0n) is 12.1. The monoisotopic (exact) mass is 288 g/mol. The van der Waals surface area contributed by atoms with E-state index in [9.17, 15) is 13.6 Å². The van der Waals surface area contributed by atoms with Gasteiger partial charge < -0.3 is 10.6 Å². The second kappa shape index (κ2) is 7.23. The molecule has 0 heterocycles. The van der Waals surface area contributed by atoms with E-state index in [1.54, 1.807) is 0 Å². The molecular formula is C15H26F2N2O. The molecule has 20 heavy (non-hydrogen) atoms. The minimum atomic E-state index is -2.53. The average Bonchev–Trinajstić information content (AvgIpc) is 2.70. The molecule has 2 amide bonds. The van der Waals surface area contributed by atoms with Gasteiger partial charge in [-0.25, -0.2) is 13.6 Å². The molecule has 0 aromatic carbocycles. The van der Waals surface area contributed by atoms with E-state index in [1.165, 1.54) is 32.1 Å². The number of rotatable bonds is 3. The van der Waals surface area contributed by atoms with Crippen LogP contribution in [-0.4, -0.2) is 24.5 Å². The molecule has 0 bridgehead atoms. The summed E-state index contributed by atoms with van der Waals surface area (Å²) in [6.07, 6.45) is 8.59. The Morgan fingerprint density at radius 1 is 1.05 bits per heavy atom. The number of hydrogen-bond donors (Lipinski definition) is 2. The van der Waals surface area contributed by atoms with Crippen molar-refractivity contribution in [1.82, 2.24) is 10.6 Å². The number of nitrogens with one attached hydrogen (secondary N) is 2. The maximum Gasteiger partial charge on any atom is 0.315 e. The third-order valence-electron chi connectivity index (χ3n) is 4.50. The number of alkyl halides is 2. The third kappa shape index (κ3) is 5.25. The standard InChI is InChI=1S/C15H26F2N2O/c16-15(17)9-8-12(10-15)11-18-14(20)19-13-6-4-2-1-3-5-7-13/h12-13H,1-11H2,(H2,18,19,20). The lowest BCUT2D eigenvalue weighted by Gasteiger charge is -2.21. The fourth-order valence-corrected chi connectivity index (χ4v) is 3.29. The summed E-state index contributed by atoms with van der Waals surface area (Å²) in [7, 11) is 0. The lowest BCUT2D eigenvalue weighted by molar-refractivity contribution is 0.00515. The lowest BCUT2D eigenvalue weighted by atomic mass is 9.97. The maximum absolute atomic E-state index is 13.0. The normalized spacial score (nSPS) is 27.6. The Kier molecular flexibility index (Phi) is 5.61. The van der Waals surface area contributed by atoms with Crippen LogP contribution in [0.1, 0.15) is 64.2 Å². The summed E-state index contributed by atoms with van der Waals surface area (Å²) < 4.78 is 26.1. The summed E-state index contributed by atoms with van der Waals surface area (Å²) in [4.78, 5) is 11.8. The fraction of sp³-hybridized carbons (Fsp3) is 0.933. The highest BCUT2D eigenvalue weighted by atomic mass is 19.3. The summed E-state index contributed by atoms with van der Waals surface area (Å²) >= 11 is 0. The molecule has 0 spiro atoms. The maximum atomic E-state index is 13.0. The van der Waals surface area contributed by atoms with Gasteiger partial charge in [0.2, 0.25) is 5.92 Å². The van der Waals surface area contributed by atoms with E-state index in [2.05, 4.69) is 10.6 Å². The topological polar surface area (TPSA) is 41.1 Å². The first-order valence-electron chi connectivity index (χ1n) is 7.97. The van der Waals surface area contributed by atoms with E-state index >= 15 is 0 Å². The minimum Gasteiger partial charge on any atom is -0.338 e. The van der Waals surface area contributed by atoms with Crippen molar-refractivity contribution >= 4 is 6.03 Å². The highest BCUT2D eigenvalue weighted by Gasteiger charge is 2.39. The largest absolute Gasteiger partial charge is 0.338 e. The van der Waals surface area contributed by atoms with Crippen LogP contribution in [0.4, 0.5) is 13.6 Å². The van der Waals surface area contributed by atoms with Crippen molar-refractivity contribution in [1.29, 1.82) is 0 Å². The van der Waals surface area contributed by atoms with Crippen molar-refractivity contribution in [3.05, 3.63) is 0 Å². The minimum absolute atomic E-state index is 0.0381. The Balaban J connectivity index is 1.64. The van der Waals surface area contributed by atoms with Gasteiger partial charge in [-0.1, -0.05) is 32.1 Å². The predicted octanol–water partition coefficient (Wildman–Crippen LogP) is 3.83. The number of urea groups is 1. The molecule has 0 aliphatic heterocycles. The molecule has 2 N–H and O–H groups in total. The van der Waals surface area contributed by atoms with Gasteiger partial charge in [0, 0.05) is 25.4 Å². The molecular weight excluding hydrogens is 262 g/mol. The van der Waals surface area contributed by atoms with E-state index in [1.807, 2.05) is 0 Å². The zero-order chi connectivity index (χ0) is 14.4. The number of halogens is 2. The molecule has 2 aliphatic carbocycles. The first-order chi connectivity index (χ1) is 9.55. The smallest absolute Gasteiger partial charge is 0.315 e. The molecule has 2 saturated carbocycles. The van der Waals surface area contributed by atoms with Crippen LogP contribution in [-0.2, 0) is 0 Å². The Bertz CT molecular complexity index is 315. The molecule has 2 fully saturated rings. The van der Waals surface area contributed by atoms with Gasteiger partial charge in [0.1, 0.15) is 0 Å². The average molecular weight is 288 g/mol. The van der Waals surface area contributed by atoms with Crippen LogP contribution in [0.5, 0.6) is 0 Å². The molecule has 0 aromatic heterocycles. The van der Waals surface area contributed by atoms with Crippen LogP contribution in [0.15, 0.2) is 0 Å². The van der Waals surface area contributed by atoms with E-state index in [0.29, 0.717) is 13.0 Å².